The molecule has 0 bridgehead atoms. The van der Waals surface area contributed by atoms with Gasteiger partial charge in [0.05, 0.1) is 34.7 Å². The van der Waals surface area contributed by atoms with Crippen LogP contribution in [0.3, 0.4) is 0 Å². The number of nitrogens with one attached hydrogen (secondary N) is 1. The molecule has 2 heterocycles. The standard InChI is InChI=1S/C41H49N3O7/c1-29(2)51-40(46)37-31(4)42-30(3)36(38(37)32-14-11-19-35(28-32)44(47)48)39(45)50-27-13-26-49-25-12-22-43-23-20-41(21-24-43,33-15-7-5-8-16-33)34-17-9-6-10-18-34/h5-11,14-19,28-29,38,42H,12-13,20-27H2,1-4H3. The number of benzene rings is 3. The fourth-order valence-corrected chi connectivity index (χ4v) is 7.28. The molecule has 5 rings (SSSR count). The Labute approximate surface area is 300 Å². The van der Waals surface area contributed by atoms with Crippen molar-refractivity contribution in [1.29, 1.82) is 0 Å². The van der Waals surface area contributed by atoms with Gasteiger partial charge in [0.2, 0.25) is 0 Å². The first-order valence-corrected chi connectivity index (χ1v) is 17.8. The summed E-state index contributed by atoms with van der Waals surface area (Å²) >= 11 is 0. The summed E-state index contributed by atoms with van der Waals surface area (Å²) in [5.41, 5.74) is 4.52. The third-order valence-corrected chi connectivity index (χ3v) is 9.75. The van der Waals surface area contributed by atoms with Gasteiger partial charge >= 0.3 is 11.9 Å². The second-order valence-corrected chi connectivity index (χ2v) is 13.6. The number of dihydropyridines is 1. The van der Waals surface area contributed by atoms with Crippen LogP contribution in [-0.4, -0.2) is 67.3 Å². The molecule has 1 fully saturated rings. The summed E-state index contributed by atoms with van der Waals surface area (Å²) in [5, 5.41) is 14.7. The number of allylic oxidation sites excluding steroid dienone is 2. The Morgan fingerprint density at radius 2 is 1.43 bits per heavy atom. The van der Waals surface area contributed by atoms with Crippen LogP contribution >= 0.6 is 0 Å². The summed E-state index contributed by atoms with van der Waals surface area (Å²) in [4.78, 5) is 40.4. The van der Waals surface area contributed by atoms with E-state index < -0.39 is 28.9 Å². The number of piperidine rings is 1. The van der Waals surface area contributed by atoms with Crippen LogP contribution in [0.1, 0.15) is 76.0 Å². The lowest BCUT2D eigenvalue weighted by molar-refractivity contribution is -0.384. The number of carbonyl (C=O) groups excluding carboxylic acids is 2. The molecule has 0 saturated carbocycles. The fourth-order valence-electron chi connectivity index (χ4n) is 7.28. The molecule has 0 spiro atoms. The van der Waals surface area contributed by atoms with Crippen molar-refractivity contribution in [3.8, 4) is 0 Å². The number of hydrogen-bond acceptors (Lipinski definition) is 9. The van der Waals surface area contributed by atoms with Crippen LogP contribution in [0.2, 0.25) is 0 Å². The molecule has 0 radical (unpaired) electrons. The van der Waals surface area contributed by atoms with Crippen molar-refractivity contribution < 1.29 is 28.7 Å². The third-order valence-electron chi connectivity index (χ3n) is 9.75. The zero-order valence-electron chi connectivity index (χ0n) is 30.1. The minimum atomic E-state index is -0.901. The Balaban J connectivity index is 1.10. The van der Waals surface area contributed by atoms with Crippen LogP contribution in [0.25, 0.3) is 0 Å². The van der Waals surface area contributed by atoms with Gasteiger partial charge in [-0.2, -0.15) is 0 Å². The highest BCUT2D eigenvalue weighted by Crippen LogP contribution is 2.42. The highest BCUT2D eigenvalue weighted by Gasteiger charge is 2.39. The van der Waals surface area contributed by atoms with Crippen molar-refractivity contribution in [3.05, 3.63) is 134 Å². The van der Waals surface area contributed by atoms with Gasteiger partial charge in [-0.3, -0.25) is 10.1 Å². The van der Waals surface area contributed by atoms with Crippen LogP contribution in [-0.2, 0) is 29.2 Å². The molecule has 270 valence electrons. The number of likely N-dealkylation sites (tertiary alicyclic amines) is 1. The van der Waals surface area contributed by atoms with E-state index in [4.69, 9.17) is 14.2 Å². The van der Waals surface area contributed by atoms with E-state index >= 15 is 0 Å². The molecule has 1 unspecified atom stereocenters. The lowest BCUT2D eigenvalue weighted by atomic mass is 9.68. The van der Waals surface area contributed by atoms with Crippen LogP contribution in [0.4, 0.5) is 5.69 Å². The van der Waals surface area contributed by atoms with Gasteiger partial charge in [-0.1, -0.05) is 72.8 Å². The number of nitrogens with zero attached hydrogens (tertiary/aromatic N) is 2. The Kier molecular flexibility index (Phi) is 12.8. The van der Waals surface area contributed by atoms with E-state index in [1.807, 2.05) is 0 Å². The molecule has 10 heteroatoms. The minimum absolute atomic E-state index is 0.0301. The number of nitro benzene ring substituents is 1. The van der Waals surface area contributed by atoms with Gasteiger partial charge in [-0.25, -0.2) is 9.59 Å². The van der Waals surface area contributed by atoms with Gasteiger partial charge in [0.1, 0.15) is 0 Å². The molecule has 0 amide bonds. The number of nitro groups is 1. The summed E-state index contributed by atoms with van der Waals surface area (Å²) in [5.74, 6) is -2.11. The first-order chi connectivity index (χ1) is 24.6. The zero-order chi connectivity index (χ0) is 36.4. The summed E-state index contributed by atoms with van der Waals surface area (Å²) in [6.07, 6.45) is 3.15. The Morgan fingerprint density at radius 3 is 2.02 bits per heavy atom. The molecule has 1 saturated heterocycles. The normalized spacial score (nSPS) is 17.6. The van der Waals surface area contributed by atoms with Crippen LogP contribution in [0.15, 0.2) is 107 Å². The van der Waals surface area contributed by atoms with Crippen molar-refractivity contribution >= 4 is 17.6 Å². The molecular weight excluding hydrogens is 646 g/mol. The van der Waals surface area contributed by atoms with Crippen molar-refractivity contribution in [2.24, 2.45) is 0 Å². The molecule has 10 nitrogen and oxygen atoms in total. The molecule has 51 heavy (non-hydrogen) atoms. The van der Waals surface area contributed by atoms with Crippen LogP contribution in [0, 0.1) is 10.1 Å². The Morgan fingerprint density at radius 1 is 0.843 bits per heavy atom. The van der Waals surface area contributed by atoms with E-state index in [1.54, 1.807) is 39.8 Å². The molecule has 0 aromatic heterocycles. The molecule has 0 aliphatic carbocycles. The molecule has 1 N–H and O–H groups in total. The molecule has 3 aromatic carbocycles. The molecule has 3 aromatic rings. The van der Waals surface area contributed by atoms with Gasteiger partial charge in [0.25, 0.3) is 5.69 Å². The largest absolute Gasteiger partial charge is 0.462 e. The second-order valence-electron chi connectivity index (χ2n) is 13.6. The molecule has 2 aliphatic heterocycles. The highest BCUT2D eigenvalue weighted by molar-refractivity contribution is 6.00. The molecular formula is C41H49N3O7. The lowest BCUT2D eigenvalue weighted by Crippen LogP contribution is -2.43. The lowest BCUT2D eigenvalue weighted by Gasteiger charge is -2.43. The number of non-ortho nitro benzene ring substituents is 1. The maximum Gasteiger partial charge on any atom is 0.337 e. The number of hydrogen-bond donors (Lipinski definition) is 1. The van der Waals surface area contributed by atoms with Crippen molar-refractivity contribution in [1.82, 2.24) is 10.2 Å². The van der Waals surface area contributed by atoms with Gasteiger partial charge < -0.3 is 24.4 Å². The summed E-state index contributed by atoms with van der Waals surface area (Å²) in [6.45, 7) is 11.1. The maximum atomic E-state index is 13.6. The van der Waals surface area contributed by atoms with Crippen LogP contribution < -0.4 is 5.32 Å². The number of rotatable bonds is 15. The number of esters is 2. The number of carbonyl (C=O) groups is 2. The monoisotopic (exact) mass is 695 g/mol. The Bertz CT molecular complexity index is 1690. The average molecular weight is 696 g/mol. The predicted octanol–water partition coefficient (Wildman–Crippen LogP) is 7.20. The van der Waals surface area contributed by atoms with Crippen molar-refractivity contribution in [3.63, 3.8) is 0 Å². The van der Waals surface area contributed by atoms with E-state index in [0.717, 1.165) is 38.9 Å². The quantitative estimate of drug-likeness (QED) is 0.0762. The smallest absolute Gasteiger partial charge is 0.337 e. The zero-order valence-corrected chi connectivity index (χ0v) is 30.1. The van der Waals surface area contributed by atoms with E-state index in [9.17, 15) is 19.7 Å². The fraction of sp³-hybridized carbons (Fsp3) is 0.415. The van der Waals surface area contributed by atoms with Crippen molar-refractivity contribution in [2.45, 2.75) is 70.8 Å². The summed E-state index contributed by atoms with van der Waals surface area (Å²) in [6, 6.07) is 27.7. The van der Waals surface area contributed by atoms with E-state index in [2.05, 4.69) is 70.9 Å². The van der Waals surface area contributed by atoms with Crippen molar-refractivity contribution in [2.75, 3.05) is 39.5 Å². The Hall–Kier alpha value is -4.80. The van der Waals surface area contributed by atoms with E-state index in [0.29, 0.717) is 36.6 Å². The van der Waals surface area contributed by atoms with Gasteiger partial charge in [-0.05, 0) is 76.7 Å². The van der Waals surface area contributed by atoms with Gasteiger partial charge in [-0.15, -0.1) is 0 Å². The number of ether oxygens (including phenoxy) is 3. The van der Waals surface area contributed by atoms with E-state index in [1.165, 1.54) is 23.3 Å². The minimum Gasteiger partial charge on any atom is -0.462 e. The predicted molar refractivity (Wildman–Crippen MR) is 196 cm³/mol. The van der Waals surface area contributed by atoms with Crippen LogP contribution in [0.5, 0.6) is 0 Å². The topological polar surface area (TPSA) is 120 Å². The maximum absolute atomic E-state index is 13.6. The molecule has 2 aliphatic rings. The summed E-state index contributed by atoms with van der Waals surface area (Å²) in [7, 11) is 0. The second kappa shape index (κ2) is 17.4. The first kappa shape index (κ1) is 37.5. The van der Waals surface area contributed by atoms with Gasteiger partial charge in [0, 0.05) is 55.1 Å². The third kappa shape index (κ3) is 9.11. The average Bonchev–Trinajstić information content (AvgIpc) is 3.13. The SMILES string of the molecule is CC1=C(C(=O)OCCCOCCCN2CCC(c3ccccc3)(c3ccccc3)CC2)C(c2cccc([N+](=O)[O-])c2)C(C(=O)OC(C)C)=C(C)N1. The highest BCUT2D eigenvalue weighted by atomic mass is 16.6. The van der Waals surface area contributed by atoms with E-state index in [-0.39, 0.29) is 28.9 Å². The molecule has 1 atom stereocenters. The van der Waals surface area contributed by atoms with Gasteiger partial charge in [0.15, 0.2) is 0 Å². The first-order valence-electron chi connectivity index (χ1n) is 17.8. The summed E-state index contributed by atoms with van der Waals surface area (Å²) < 4.78 is 17.1.